The fraction of sp³-hybridized carbons (Fsp3) is 0.444. The van der Waals surface area contributed by atoms with Crippen LogP contribution in [0.4, 0.5) is 0 Å². The Morgan fingerprint density at radius 2 is 1.58 bits per heavy atom. The van der Waals surface area contributed by atoms with E-state index < -0.39 is 43.3 Å². The van der Waals surface area contributed by atoms with Crippen molar-refractivity contribution in [2.45, 2.75) is 37.1 Å². The van der Waals surface area contributed by atoms with Crippen molar-refractivity contribution in [3.8, 4) is 23.0 Å². The summed E-state index contributed by atoms with van der Waals surface area (Å²) >= 11 is 0. The molecule has 2 fully saturated rings. The first-order valence-electron chi connectivity index (χ1n) is 12.0. The van der Waals surface area contributed by atoms with Crippen molar-refractivity contribution < 1.29 is 53.6 Å². The number of hydrogen-bond acceptors (Lipinski definition) is 11. The fourth-order valence-electron chi connectivity index (χ4n) is 4.49. The van der Waals surface area contributed by atoms with Crippen molar-refractivity contribution in [1.82, 2.24) is 0 Å². The van der Waals surface area contributed by atoms with Crippen LogP contribution in [0, 0.1) is 5.92 Å². The van der Waals surface area contributed by atoms with Crippen LogP contribution in [0.1, 0.15) is 11.1 Å². The maximum atomic E-state index is 12.5. The number of rotatable bonds is 9. The van der Waals surface area contributed by atoms with E-state index in [1.54, 1.807) is 38.5 Å². The summed E-state index contributed by atoms with van der Waals surface area (Å²) in [5, 5.41) is 39.7. The molecule has 2 aliphatic rings. The molecule has 38 heavy (non-hydrogen) atoms. The van der Waals surface area contributed by atoms with E-state index in [0.717, 1.165) is 5.56 Å². The predicted octanol–water partition coefficient (Wildman–Crippen LogP) is 0.690. The molecule has 11 nitrogen and oxygen atoms in total. The molecule has 2 aromatic rings. The number of esters is 1. The normalized spacial score (nSPS) is 28.2. The van der Waals surface area contributed by atoms with E-state index in [1.807, 2.05) is 18.2 Å². The summed E-state index contributed by atoms with van der Waals surface area (Å²) in [5.74, 6) is 1.09. The van der Waals surface area contributed by atoms with E-state index in [4.69, 9.17) is 28.4 Å². The highest BCUT2D eigenvalue weighted by Gasteiger charge is 2.45. The SMILES string of the molecule is COc1ccc(C[C@@H]2COC(=O)/C2=C/c2ccc(O[C@@H]3O[C@H](CO)[C@@H](O)[C@H](O)[C@H]3O)c(OC)c2)cc1OC. The molecule has 2 saturated heterocycles. The van der Waals surface area contributed by atoms with Crippen LogP contribution in [0.5, 0.6) is 23.0 Å². The van der Waals surface area contributed by atoms with E-state index in [0.29, 0.717) is 29.1 Å². The zero-order chi connectivity index (χ0) is 27.4. The Morgan fingerprint density at radius 1 is 0.895 bits per heavy atom. The Hall–Kier alpha value is -3.35. The predicted molar refractivity (Wildman–Crippen MR) is 133 cm³/mol. The quantitative estimate of drug-likeness (QED) is 0.266. The minimum atomic E-state index is -1.57. The van der Waals surface area contributed by atoms with Gasteiger partial charge in [-0.15, -0.1) is 0 Å². The third-order valence-corrected chi connectivity index (χ3v) is 6.62. The molecular formula is C27H32O11. The molecule has 0 unspecified atom stereocenters. The summed E-state index contributed by atoms with van der Waals surface area (Å²) in [6.07, 6.45) is -4.83. The zero-order valence-corrected chi connectivity index (χ0v) is 21.3. The highest BCUT2D eigenvalue weighted by atomic mass is 16.7. The van der Waals surface area contributed by atoms with Gasteiger partial charge in [0.1, 0.15) is 24.4 Å². The molecule has 6 atom stereocenters. The van der Waals surface area contributed by atoms with Gasteiger partial charge in [0.2, 0.25) is 6.29 Å². The van der Waals surface area contributed by atoms with Crippen LogP contribution in [0.2, 0.25) is 0 Å². The number of aliphatic hydroxyl groups excluding tert-OH is 4. The second-order valence-electron chi connectivity index (χ2n) is 9.01. The lowest BCUT2D eigenvalue weighted by Gasteiger charge is -2.39. The summed E-state index contributed by atoms with van der Waals surface area (Å²) in [7, 11) is 4.56. The van der Waals surface area contributed by atoms with Crippen LogP contribution in [0.3, 0.4) is 0 Å². The average Bonchev–Trinajstić information content (AvgIpc) is 3.27. The Morgan fingerprint density at radius 3 is 2.26 bits per heavy atom. The van der Waals surface area contributed by atoms with Gasteiger partial charge in [0.15, 0.2) is 23.0 Å². The minimum Gasteiger partial charge on any atom is -0.493 e. The third-order valence-electron chi connectivity index (χ3n) is 6.62. The first kappa shape index (κ1) is 27.7. The van der Waals surface area contributed by atoms with Gasteiger partial charge in [-0.25, -0.2) is 4.79 Å². The zero-order valence-electron chi connectivity index (χ0n) is 21.3. The standard InChI is InChI=1S/C27H32O11/c1-33-18-6-4-14(10-20(18)34-2)8-16-13-36-26(32)17(16)9-15-5-7-19(21(11-15)35-3)37-27-25(31)24(30)23(29)22(12-28)38-27/h4-7,9-11,16,22-25,27-31H,8,12-13H2,1-3H3/b17-9+/t16-,22-,23-,24+,25-,27-/m1/s1. The van der Waals surface area contributed by atoms with Gasteiger partial charge in [-0.05, 0) is 47.9 Å². The van der Waals surface area contributed by atoms with Crippen molar-refractivity contribution in [3.05, 3.63) is 53.1 Å². The van der Waals surface area contributed by atoms with Crippen molar-refractivity contribution in [2.24, 2.45) is 5.92 Å². The van der Waals surface area contributed by atoms with Gasteiger partial charge >= 0.3 is 5.97 Å². The molecule has 0 amide bonds. The number of methoxy groups -OCH3 is 3. The number of ether oxygens (including phenoxy) is 6. The van der Waals surface area contributed by atoms with E-state index in [1.165, 1.54) is 7.11 Å². The Balaban J connectivity index is 1.53. The van der Waals surface area contributed by atoms with Gasteiger partial charge < -0.3 is 48.8 Å². The largest absolute Gasteiger partial charge is 0.493 e. The monoisotopic (exact) mass is 532 g/mol. The van der Waals surface area contributed by atoms with Gasteiger partial charge in [-0.3, -0.25) is 0 Å². The topological polar surface area (TPSA) is 153 Å². The van der Waals surface area contributed by atoms with Crippen LogP contribution >= 0.6 is 0 Å². The van der Waals surface area contributed by atoms with Gasteiger partial charge in [0.05, 0.1) is 34.5 Å². The maximum Gasteiger partial charge on any atom is 0.334 e. The smallest absolute Gasteiger partial charge is 0.334 e. The molecule has 0 aliphatic carbocycles. The number of hydrogen-bond donors (Lipinski definition) is 4. The van der Waals surface area contributed by atoms with Crippen LogP contribution in [0.15, 0.2) is 42.0 Å². The van der Waals surface area contributed by atoms with Gasteiger partial charge in [-0.2, -0.15) is 0 Å². The summed E-state index contributed by atoms with van der Waals surface area (Å²) < 4.78 is 32.6. The fourth-order valence-corrected chi connectivity index (χ4v) is 4.49. The van der Waals surface area contributed by atoms with Crippen molar-refractivity contribution in [3.63, 3.8) is 0 Å². The van der Waals surface area contributed by atoms with Crippen LogP contribution in [-0.4, -0.2) is 91.6 Å². The summed E-state index contributed by atoms with van der Waals surface area (Å²) in [5.41, 5.74) is 2.11. The first-order valence-corrected chi connectivity index (χ1v) is 12.0. The Bertz CT molecular complexity index is 1160. The summed E-state index contributed by atoms with van der Waals surface area (Å²) in [6, 6.07) is 10.5. The Labute approximate surface area is 219 Å². The molecule has 4 N–H and O–H groups in total. The minimum absolute atomic E-state index is 0.184. The van der Waals surface area contributed by atoms with Crippen molar-refractivity contribution >= 4 is 12.0 Å². The third kappa shape index (κ3) is 5.71. The van der Waals surface area contributed by atoms with E-state index in [9.17, 15) is 25.2 Å². The molecule has 0 aromatic heterocycles. The van der Waals surface area contributed by atoms with Crippen LogP contribution in [0.25, 0.3) is 6.08 Å². The van der Waals surface area contributed by atoms with Gasteiger partial charge in [0, 0.05) is 11.5 Å². The second-order valence-corrected chi connectivity index (χ2v) is 9.01. The number of carbonyl (C=O) groups excluding carboxylic acids is 1. The number of cyclic esters (lactones) is 1. The molecule has 2 aliphatic heterocycles. The number of aliphatic hydroxyl groups is 4. The summed E-state index contributed by atoms with van der Waals surface area (Å²) in [6.45, 7) is -0.330. The van der Waals surface area contributed by atoms with Crippen LogP contribution in [-0.2, 0) is 20.7 Å². The first-order chi connectivity index (χ1) is 18.3. The van der Waals surface area contributed by atoms with E-state index >= 15 is 0 Å². The lowest BCUT2D eigenvalue weighted by Crippen LogP contribution is -2.60. The summed E-state index contributed by atoms with van der Waals surface area (Å²) in [4.78, 5) is 12.5. The molecule has 0 bridgehead atoms. The lowest BCUT2D eigenvalue weighted by molar-refractivity contribution is -0.277. The Kier molecular flexibility index (Phi) is 8.75. The van der Waals surface area contributed by atoms with E-state index in [-0.39, 0.29) is 24.0 Å². The molecule has 0 spiro atoms. The molecule has 2 heterocycles. The molecule has 206 valence electrons. The van der Waals surface area contributed by atoms with Gasteiger partial charge in [-0.1, -0.05) is 12.1 Å². The molecule has 2 aromatic carbocycles. The molecule has 0 radical (unpaired) electrons. The lowest BCUT2D eigenvalue weighted by atomic mass is 9.92. The molecule has 4 rings (SSSR count). The molecular weight excluding hydrogens is 500 g/mol. The number of carbonyl (C=O) groups is 1. The number of benzene rings is 2. The van der Waals surface area contributed by atoms with E-state index in [2.05, 4.69) is 0 Å². The maximum absolute atomic E-state index is 12.5. The molecule has 11 heteroatoms. The van der Waals surface area contributed by atoms with Crippen molar-refractivity contribution in [1.29, 1.82) is 0 Å². The van der Waals surface area contributed by atoms with Gasteiger partial charge in [0.25, 0.3) is 0 Å². The average molecular weight is 533 g/mol. The highest BCUT2D eigenvalue weighted by molar-refractivity contribution is 5.96. The second kappa shape index (κ2) is 12.0. The van der Waals surface area contributed by atoms with Crippen molar-refractivity contribution in [2.75, 3.05) is 34.5 Å². The van der Waals surface area contributed by atoms with Crippen LogP contribution < -0.4 is 18.9 Å². The molecule has 0 saturated carbocycles. The highest BCUT2D eigenvalue weighted by Crippen LogP contribution is 2.35.